The van der Waals surface area contributed by atoms with Gasteiger partial charge in [-0.05, 0) is 42.1 Å². The summed E-state index contributed by atoms with van der Waals surface area (Å²) in [5.41, 5.74) is 0.826. The zero-order valence-corrected chi connectivity index (χ0v) is 19.0. The Labute approximate surface area is 159 Å². The smallest absolute Gasteiger partial charge is 0.303 e. The second-order valence-electron chi connectivity index (χ2n) is 7.56. The van der Waals surface area contributed by atoms with Gasteiger partial charge >= 0.3 is 5.97 Å². The van der Waals surface area contributed by atoms with Crippen molar-refractivity contribution < 1.29 is 18.2 Å². The fraction of sp³-hybridized carbons (Fsp3) is 0.611. The second-order valence-corrected chi connectivity index (χ2v) is 15.1. The van der Waals surface area contributed by atoms with Crippen LogP contribution in [0, 0.1) is 0 Å². The predicted octanol–water partition coefficient (Wildman–Crippen LogP) is 4.74. The van der Waals surface area contributed by atoms with Crippen molar-refractivity contribution in [3.05, 3.63) is 29.8 Å². The van der Waals surface area contributed by atoms with E-state index in [1.54, 1.807) is 6.26 Å². The van der Waals surface area contributed by atoms with Crippen molar-refractivity contribution in [2.45, 2.75) is 56.5 Å². The fourth-order valence-electron chi connectivity index (χ4n) is 2.07. The molecule has 1 aromatic rings. The molecule has 142 valence electrons. The van der Waals surface area contributed by atoms with Crippen LogP contribution in [0.5, 0.6) is 5.75 Å². The van der Waals surface area contributed by atoms with Crippen LogP contribution in [0.4, 0.5) is 0 Å². The number of carbonyl (C=O) groups is 1. The largest absolute Gasteiger partial charge is 0.544 e. The Kier molecular flexibility index (Phi) is 7.77. The number of thioether (sulfide) groups is 1. The Morgan fingerprint density at radius 3 is 2.08 bits per heavy atom. The molecule has 0 spiro atoms. The van der Waals surface area contributed by atoms with Gasteiger partial charge in [-0.15, -0.1) is 11.8 Å². The molecular formula is C18H30O4S2Si. The molecule has 0 saturated carbocycles. The molecular weight excluding hydrogens is 372 g/mol. The minimum absolute atomic E-state index is 0.120. The average Bonchev–Trinajstić information content (AvgIpc) is 2.45. The highest BCUT2D eigenvalue weighted by molar-refractivity contribution is 8.10. The van der Waals surface area contributed by atoms with Gasteiger partial charge in [0.2, 0.25) is 8.32 Å². The molecule has 3 atom stereocenters. The number of ether oxygens (including phenoxy) is 1. The summed E-state index contributed by atoms with van der Waals surface area (Å²) in [5.74, 6) is 0.436. The van der Waals surface area contributed by atoms with Gasteiger partial charge in [-0.25, -0.2) is 0 Å². The highest BCUT2D eigenvalue weighted by Crippen LogP contribution is 2.38. The molecule has 7 heteroatoms. The van der Waals surface area contributed by atoms with Crippen molar-refractivity contribution >= 4 is 36.8 Å². The zero-order chi connectivity index (χ0) is 19.4. The summed E-state index contributed by atoms with van der Waals surface area (Å²) in [6.07, 6.45) is 2.96. The summed E-state index contributed by atoms with van der Waals surface area (Å²) < 4.78 is 23.4. The molecule has 0 heterocycles. The van der Waals surface area contributed by atoms with Gasteiger partial charge in [-0.2, -0.15) is 0 Å². The van der Waals surface area contributed by atoms with E-state index in [0.717, 1.165) is 11.3 Å². The van der Waals surface area contributed by atoms with E-state index in [2.05, 4.69) is 33.9 Å². The fourth-order valence-corrected chi connectivity index (χ4v) is 5.20. The molecule has 0 aliphatic heterocycles. The molecule has 0 saturated heterocycles. The number of carbonyl (C=O) groups excluding carboxylic acids is 1. The first kappa shape index (κ1) is 22.2. The predicted molar refractivity (Wildman–Crippen MR) is 110 cm³/mol. The van der Waals surface area contributed by atoms with Crippen molar-refractivity contribution in [3.63, 3.8) is 0 Å². The molecule has 0 aliphatic carbocycles. The van der Waals surface area contributed by atoms with Crippen molar-refractivity contribution in [3.8, 4) is 5.75 Å². The van der Waals surface area contributed by atoms with Gasteiger partial charge in [0.25, 0.3) is 0 Å². The van der Waals surface area contributed by atoms with E-state index in [1.807, 2.05) is 30.5 Å². The number of esters is 1. The van der Waals surface area contributed by atoms with E-state index in [9.17, 15) is 9.00 Å². The Morgan fingerprint density at radius 1 is 1.20 bits per heavy atom. The van der Waals surface area contributed by atoms with Gasteiger partial charge < -0.3 is 9.16 Å². The summed E-state index contributed by atoms with van der Waals surface area (Å²) in [7, 11) is -3.02. The summed E-state index contributed by atoms with van der Waals surface area (Å²) in [5, 5.41) is 0.120. The number of hydrogen-bond donors (Lipinski definition) is 0. The van der Waals surface area contributed by atoms with Crippen LogP contribution in [0.2, 0.25) is 18.1 Å². The summed E-state index contributed by atoms with van der Waals surface area (Å²) in [4.78, 5) is 11.5. The first-order valence-corrected chi connectivity index (χ1v) is 14.0. The maximum Gasteiger partial charge on any atom is 0.303 e. The van der Waals surface area contributed by atoms with Gasteiger partial charge in [0, 0.05) is 24.0 Å². The third kappa shape index (κ3) is 6.15. The third-order valence-corrected chi connectivity index (χ3v) is 11.8. The highest BCUT2D eigenvalue weighted by atomic mass is 32.2. The molecule has 1 rings (SSSR count). The van der Waals surface area contributed by atoms with Crippen LogP contribution in [-0.2, 0) is 20.3 Å². The van der Waals surface area contributed by atoms with Crippen LogP contribution in [0.15, 0.2) is 24.3 Å². The molecule has 0 fully saturated rings. The zero-order valence-electron chi connectivity index (χ0n) is 16.4. The van der Waals surface area contributed by atoms with Crippen LogP contribution in [0.25, 0.3) is 0 Å². The SMILES string of the molecule is CSC(C(OC(C)=O)c1ccc(O[Si](C)(C)C(C)(C)C)cc1)S(C)=O. The third-order valence-electron chi connectivity index (χ3n) is 4.49. The molecule has 3 unspecified atom stereocenters. The van der Waals surface area contributed by atoms with E-state index in [-0.39, 0.29) is 15.6 Å². The molecule has 0 bridgehead atoms. The molecule has 0 aliphatic rings. The average molecular weight is 403 g/mol. The second kappa shape index (κ2) is 8.73. The lowest BCUT2D eigenvalue weighted by molar-refractivity contribution is -0.145. The number of rotatable bonds is 7. The van der Waals surface area contributed by atoms with E-state index in [1.165, 1.54) is 18.7 Å². The Hall–Kier alpha value is -0.793. The standard InChI is InChI=1S/C18H30O4S2Si/c1-13(19)21-16(17(23-5)24(6)20)14-9-11-15(12-10-14)22-25(7,8)18(2,3)4/h9-12,16-17H,1-8H3. The maximum atomic E-state index is 12.0. The lowest BCUT2D eigenvalue weighted by Gasteiger charge is -2.36. The van der Waals surface area contributed by atoms with Crippen molar-refractivity contribution in [2.75, 3.05) is 12.5 Å². The van der Waals surface area contributed by atoms with Gasteiger partial charge in [0.1, 0.15) is 10.3 Å². The van der Waals surface area contributed by atoms with Crippen molar-refractivity contribution in [2.24, 2.45) is 0 Å². The first-order chi connectivity index (χ1) is 11.4. The van der Waals surface area contributed by atoms with Crippen molar-refractivity contribution in [1.29, 1.82) is 0 Å². The molecule has 1 aromatic carbocycles. The summed E-state index contributed by atoms with van der Waals surface area (Å²) in [6.45, 7) is 12.4. The quantitative estimate of drug-likeness (QED) is 0.487. The van der Waals surface area contributed by atoms with Crippen LogP contribution in [0.3, 0.4) is 0 Å². The van der Waals surface area contributed by atoms with Crippen molar-refractivity contribution in [1.82, 2.24) is 0 Å². The molecule has 0 radical (unpaired) electrons. The molecule has 0 amide bonds. The van der Waals surface area contributed by atoms with E-state index in [0.29, 0.717) is 0 Å². The number of benzene rings is 1. The molecule has 25 heavy (non-hydrogen) atoms. The van der Waals surface area contributed by atoms with Gasteiger partial charge in [-0.3, -0.25) is 9.00 Å². The Morgan fingerprint density at radius 2 is 1.72 bits per heavy atom. The topological polar surface area (TPSA) is 52.6 Å². The summed E-state index contributed by atoms with van der Waals surface area (Å²) in [6, 6.07) is 7.60. The highest BCUT2D eigenvalue weighted by Gasteiger charge is 2.39. The van der Waals surface area contributed by atoms with E-state index >= 15 is 0 Å². The minimum Gasteiger partial charge on any atom is -0.544 e. The normalized spacial score (nSPS) is 16.0. The Balaban J connectivity index is 3.08. The van der Waals surface area contributed by atoms with Crippen LogP contribution in [0.1, 0.15) is 39.4 Å². The van der Waals surface area contributed by atoms with Crippen LogP contribution < -0.4 is 4.43 Å². The van der Waals surface area contributed by atoms with Crippen LogP contribution >= 0.6 is 11.8 Å². The van der Waals surface area contributed by atoms with E-state index < -0.39 is 25.2 Å². The molecule has 0 N–H and O–H groups in total. The lowest BCUT2D eigenvalue weighted by Crippen LogP contribution is -2.43. The van der Waals surface area contributed by atoms with Gasteiger partial charge in [0.15, 0.2) is 6.10 Å². The Bertz CT molecular complexity index is 608. The van der Waals surface area contributed by atoms with Crippen LogP contribution in [-0.4, -0.2) is 35.6 Å². The number of hydrogen-bond acceptors (Lipinski definition) is 5. The minimum atomic E-state index is -1.90. The van der Waals surface area contributed by atoms with Gasteiger partial charge in [0.05, 0.1) is 0 Å². The van der Waals surface area contributed by atoms with E-state index in [4.69, 9.17) is 9.16 Å². The monoisotopic (exact) mass is 402 g/mol. The van der Waals surface area contributed by atoms with Gasteiger partial charge in [-0.1, -0.05) is 32.9 Å². The molecule has 4 nitrogen and oxygen atoms in total. The first-order valence-electron chi connectivity index (χ1n) is 8.20. The summed E-state index contributed by atoms with van der Waals surface area (Å²) >= 11 is 1.44. The maximum absolute atomic E-state index is 12.0. The molecule has 0 aromatic heterocycles. The lowest BCUT2D eigenvalue weighted by atomic mass is 10.1.